The summed E-state index contributed by atoms with van der Waals surface area (Å²) >= 11 is 0. The predicted octanol–water partition coefficient (Wildman–Crippen LogP) is 0.663. The Morgan fingerprint density at radius 1 is 1.40 bits per heavy atom. The third-order valence-electron chi connectivity index (χ3n) is 2.20. The van der Waals surface area contributed by atoms with E-state index in [1.54, 1.807) is 12.1 Å². The molecule has 0 amide bonds. The van der Waals surface area contributed by atoms with Gasteiger partial charge in [0.15, 0.2) is 0 Å². The molecule has 1 aromatic carbocycles. The Morgan fingerprint density at radius 2 is 2.13 bits per heavy atom. The van der Waals surface area contributed by atoms with Crippen LogP contribution in [0.15, 0.2) is 28.2 Å². The van der Waals surface area contributed by atoms with Crippen LogP contribution in [-0.2, 0) is 10.0 Å². The lowest BCUT2D eigenvalue weighted by atomic mass is 10.2. The van der Waals surface area contributed by atoms with Gasteiger partial charge in [-0.05, 0) is 18.2 Å². The molecule has 80 valence electrons. The zero-order valence-electron chi connectivity index (χ0n) is 8.34. The molecule has 0 radical (unpaired) electrons. The summed E-state index contributed by atoms with van der Waals surface area (Å²) in [5, 5.41) is 3.76. The summed E-state index contributed by atoms with van der Waals surface area (Å²) in [7, 11) is -0.534. The number of rotatable bonds is 1. The molecule has 0 fully saturated rings. The maximum Gasteiger partial charge on any atom is 0.279 e. The molecule has 0 aromatic heterocycles. The third-order valence-corrected chi connectivity index (χ3v) is 3.92. The van der Waals surface area contributed by atoms with Crippen molar-refractivity contribution in [2.75, 3.05) is 14.2 Å². The molecule has 0 spiro atoms. The van der Waals surface area contributed by atoms with Gasteiger partial charge in [0.25, 0.3) is 10.0 Å². The van der Waals surface area contributed by atoms with Crippen LogP contribution in [0, 0.1) is 0 Å². The van der Waals surface area contributed by atoms with E-state index in [9.17, 15) is 8.42 Å². The SMILES string of the molecule is COc1ccc2c(c1)C=NN(C)S2(=O)=O. The first kappa shape index (κ1) is 9.97. The number of hydrogen-bond acceptors (Lipinski definition) is 4. The third kappa shape index (κ3) is 1.46. The fraction of sp³-hybridized carbons (Fsp3) is 0.222. The van der Waals surface area contributed by atoms with Gasteiger partial charge in [-0.2, -0.15) is 17.9 Å². The minimum atomic E-state index is -3.47. The predicted molar refractivity (Wildman–Crippen MR) is 55.5 cm³/mol. The molecule has 1 aliphatic heterocycles. The molecule has 0 bridgehead atoms. The molecule has 0 saturated carbocycles. The quantitative estimate of drug-likeness (QED) is 0.707. The fourth-order valence-corrected chi connectivity index (χ4v) is 2.44. The van der Waals surface area contributed by atoms with Crippen molar-refractivity contribution in [3.8, 4) is 5.75 Å². The molecule has 6 heteroatoms. The number of sulfonamides is 1. The first-order chi connectivity index (χ1) is 7.05. The first-order valence-electron chi connectivity index (χ1n) is 4.26. The fourth-order valence-electron chi connectivity index (χ4n) is 1.34. The van der Waals surface area contributed by atoms with Crippen LogP contribution in [-0.4, -0.2) is 33.2 Å². The van der Waals surface area contributed by atoms with Crippen LogP contribution in [0.2, 0.25) is 0 Å². The van der Waals surface area contributed by atoms with Crippen LogP contribution in [0.25, 0.3) is 0 Å². The topological polar surface area (TPSA) is 59.0 Å². The van der Waals surface area contributed by atoms with E-state index < -0.39 is 10.0 Å². The molecule has 0 unspecified atom stereocenters. The summed E-state index contributed by atoms with van der Waals surface area (Å²) < 4.78 is 29.5. The minimum absolute atomic E-state index is 0.251. The van der Waals surface area contributed by atoms with E-state index in [0.717, 1.165) is 4.41 Å². The summed E-state index contributed by atoms with van der Waals surface area (Å²) in [4.78, 5) is 0.251. The number of hydrazone groups is 1. The molecule has 0 saturated heterocycles. The maximum atomic E-state index is 11.8. The Labute approximate surface area is 88.0 Å². The molecule has 0 N–H and O–H groups in total. The van der Waals surface area contributed by atoms with E-state index in [1.165, 1.54) is 26.4 Å². The number of methoxy groups -OCH3 is 1. The monoisotopic (exact) mass is 226 g/mol. The number of ether oxygens (including phenoxy) is 1. The first-order valence-corrected chi connectivity index (χ1v) is 5.70. The zero-order chi connectivity index (χ0) is 11.1. The van der Waals surface area contributed by atoms with Crippen molar-refractivity contribution in [3.63, 3.8) is 0 Å². The van der Waals surface area contributed by atoms with Crippen molar-refractivity contribution in [1.29, 1.82) is 0 Å². The van der Waals surface area contributed by atoms with Crippen LogP contribution in [0.3, 0.4) is 0 Å². The standard InChI is InChI=1S/C9H10N2O3S/c1-11-10-6-7-5-8(14-2)3-4-9(7)15(11,12)13/h3-6H,1-2H3. The van der Waals surface area contributed by atoms with Crippen molar-refractivity contribution in [2.45, 2.75) is 4.90 Å². The van der Waals surface area contributed by atoms with E-state index in [4.69, 9.17) is 4.74 Å². The Kier molecular flexibility index (Phi) is 2.15. The summed E-state index contributed by atoms with van der Waals surface area (Å²) in [5.41, 5.74) is 0.549. The zero-order valence-corrected chi connectivity index (χ0v) is 9.15. The number of hydrogen-bond donors (Lipinski definition) is 0. The maximum absolute atomic E-state index is 11.8. The van der Waals surface area contributed by atoms with E-state index in [-0.39, 0.29) is 4.90 Å². The van der Waals surface area contributed by atoms with Crippen LogP contribution in [0.4, 0.5) is 0 Å². The van der Waals surface area contributed by atoms with Gasteiger partial charge in [-0.3, -0.25) is 0 Å². The van der Waals surface area contributed by atoms with Gasteiger partial charge in [0.1, 0.15) is 5.75 Å². The molecule has 5 nitrogen and oxygen atoms in total. The van der Waals surface area contributed by atoms with Crippen molar-refractivity contribution in [1.82, 2.24) is 4.41 Å². The van der Waals surface area contributed by atoms with Gasteiger partial charge in [0.2, 0.25) is 0 Å². The van der Waals surface area contributed by atoms with Gasteiger partial charge in [0, 0.05) is 12.6 Å². The summed E-state index contributed by atoms with van der Waals surface area (Å²) in [6, 6.07) is 4.78. The molecule has 2 rings (SSSR count). The highest BCUT2D eigenvalue weighted by Gasteiger charge is 2.25. The summed E-state index contributed by atoms with van der Waals surface area (Å²) in [6.07, 6.45) is 1.50. The van der Waals surface area contributed by atoms with Crippen molar-refractivity contribution >= 4 is 16.2 Å². The number of benzene rings is 1. The van der Waals surface area contributed by atoms with E-state index >= 15 is 0 Å². The van der Waals surface area contributed by atoms with Gasteiger partial charge in [-0.15, -0.1) is 0 Å². The van der Waals surface area contributed by atoms with E-state index in [2.05, 4.69) is 5.10 Å². The van der Waals surface area contributed by atoms with Crippen LogP contribution in [0.5, 0.6) is 5.75 Å². The average molecular weight is 226 g/mol. The second-order valence-corrected chi connectivity index (χ2v) is 5.01. The minimum Gasteiger partial charge on any atom is -0.497 e. The Balaban J connectivity index is 2.65. The van der Waals surface area contributed by atoms with Gasteiger partial charge in [0.05, 0.1) is 18.2 Å². The lowest BCUT2D eigenvalue weighted by Gasteiger charge is -2.19. The summed E-state index contributed by atoms with van der Waals surface area (Å²) in [6.45, 7) is 0. The van der Waals surface area contributed by atoms with Gasteiger partial charge in [-0.25, -0.2) is 0 Å². The van der Waals surface area contributed by atoms with Crippen molar-refractivity contribution in [3.05, 3.63) is 23.8 Å². The summed E-state index contributed by atoms with van der Waals surface area (Å²) in [5.74, 6) is 0.611. The average Bonchev–Trinajstić information content (AvgIpc) is 2.23. The lowest BCUT2D eigenvalue weighted by Crippen LogP contribution is -2.26. The van der Waals surface area contributed by atoms with E-state index in [1.807, 2.05) is 0 Å². The highest BCUT2D eigenvalue weighted by Crippen LogP contribution is 2.25. The van der Waals surface area contributed by atoms with Crippen LogP contribution >= 0.6 is 0 Å². The Bertz CT molecular complexity index is 522. The number of fused-ring (bicyclic) bond motifs is 1. The van der Waals surface area contributed by atoms with Crippen molar-refractivity contribution in [2.24, 2.45) is 5.10 Å². The van der Waals surface area contributed by atoms with Gasteiger partial charge in [-0.1, -0.05) is 0 Å². The molecular weight excluding hydrogens is 216 g/mol. The Morgan fingerprint density at radius 3 is 2.80 bits per heavy atom. The molecule has 1 aliphatic rings. The molecule has 0 atom stereocenters. The van der Waals surface area contributed by atoms with Gasteiger partial charge < -0.3 is 4.74 Å². The second-order valence-electron chi connectivity index (χ2n) is 3.09. The number of nitrogens with zero attached hydrogens (tertiary/aromatic N) is 2. The molecule has 0 aliphatic carbocycles. The Hall–Kier alpha value is -1.56. The molecular formula is C9H10N2O3S. The highest BCUT2D eigenvalue weighted by molar-refractivity contribution is 7.89. The van der Waals surface area contributed by atoms with Crippen molar-refractivity contribution < 1.29 is 13.2 Å². The molecule has 1 aromatic rings. The molecule has 1 heterocycles. The second kappa shape index (κ2) is 3.23. The van der Waals surface area contributed by atoms with E-state index in [0.29, 0.717) is 11.3 Å². The van der Waals surface area contributed by atoms with Crippen LogP contribution < -0.4 is 4.74 Å². The van der Waals surface area contributed by atoms with Crippen LogP contribution in [0.1, 0.15) is 5.56 Å². The smallest absolute Gasteiger partial charge is 0.279 e. The normalized spacial score (nSPS) is 17.3. The lowest BCUT2D eigenvalue weighted by molar-refractivity contribution is 0.414. The molecule has 15 heavy (non-hydrogen) atoms. The van der Waals surface area contributed by atoms with Gasteiger partial charge >= 0.3 is 0 Å². The highest BCUT2D eigenvalue weighted by atomic mass is 32.2. The largest absolute Gasteiger partial charge is 0.497 e.